The summed E-state index contributed by atoms with van der Waals surface area (Å²) in [6.07, 6.45) is 13.9. The van der Waals surface area contributed by atoms with Crippen LogP contribution in [0.2, 0.25) is 0 Å². The molecular formula is C19H23N7. The van der Waals surface area contributed by atoms with E-state index in [1.807, 2.05) is 26.4 Å². The van der Waals surface area contributed by atoms with Crippen LogP contribution >= 0.6 is 0 Å². The topological polar surface area (TPSA) is 72.6 Å². The number of aryl methyl sites for hydroxylation is 1. The molecule has 4 heterocycles. The van der Waals surface area contributed by atoms with Crippen LogP contribution in [-0.4, -0.2) is 42.6 Å². The Balaban J connectivity index is 1.47. The molecule has 1 fully saturated rings. The number of imidazole rings is 1. The van der Waals surface area contributed by atoms with Crippen molar-refractivity contribution in [3.8, 4) is 11.4 Å². The summed E-state index contributed by atoms with van der Waals surface area (Å²) in [5.41, 5.74) is 3.04. The Morgan fingerprint density at radius 3 is 2.42 bits per heavy atom. The Morgan fingerprint density at radius 1 is 0.962 bits per heavy atom. The monoisotopic (exact) mass is 349 g/mol. The number of hydrogen-bond donors (Lipinski definition) is 0. The van der Waals surface area contributed by atoms with E-state index < -0.39 is 0 Å². The van der Waals surface area contributed by atoms with Crippen LogP contribution in [0.3, 0.4) is 0 Å². The van der Waals surface area contributed by atoms with Crippen molar-refractivity contribution in [2.45, 2.75) is 26.2 Å². The highest BCUT2D eigenvalue weighted by Gasteiger charge is 2.23. The molecule has 0 aliphatic carbocycles. The average Bonchev–Trinajstić information content (AvgIpc) is 3.02. The first-order chi connectivity index (χ1) is 12.7. The van der Waals surface area contributed by atoms with E-state index in [2.05, 4.69) is 34.4 Å². The first-order valence-electron chi connectivity index (χ1n) is 9.02. The Kier molecular flexibility index (Phi) is 4.60. The second-order valence-corrected chi connectivity index (χ2v) is 6.80. The summed E-state index contributed by atoms with van der Waals surface area (Å²) in [6, 6.07) is 0. The first-order valence-corrected chi connectivity index (χ1v) is 9.02. The van der Waals surface area contributed by atoms with Gasteiger partial charge in [0.15, 0.2) is 0 Å². The van der Waals surface area contributed by atoms with Gasteiger partial charge in [-0.3, -0.25) is 15.0 Å². The molecule has 4 rings (SSSR count). The lowest BCUT2D eigenvalue weighted by atomic mass is 9.91. The summed E-state index contributed by atoms with van der Waals surface area (Å²) >= 11 is 0. The standard InChI is InChI=1S/C19H23N7/c1-14-24-12-17(25(14)2)19-16(21-7-8-23-19)11-15-3-9-26(10-4-15)18-13-20-5-6-22-18/h5-8,12-13,15H,3-4,9-11H2,1-2H3. The molecule has 3 aromatic heterocycles. The molecule has 1 aliphatic heterocycles. The molecule has 0 unspecified atom stereocenters. The Bertz CT molecular complexity index is 867. The highest BCUT2D eigenvalue weighted by atomic mass is 15.2. The highest BCUT2D eigenvalue weighted by molar-refractivity contribution is 5.57. The molecule has 1 aliphatic rings. The molecule has 7 heteroatoms. The number of anilines is 1. The third-order valence-electron chi connectivity index (χ3n) is 5.21. The van der Waals surface area contributed by atoms with E-state index in [0.29, 0.717) is 5.92 Å². The Morgan fingerprint density at radius 2 is 1.73 bits per heavy atom. The summed E-state index contributed by atoms with van der Waals surface area (Å²) < 4.78 is 2.07. The van der Waals surface area contributed by atoms with Gasteiger partial charge in [-0.1, -0.05) is 0 Å². The molecule has 0 spiro atoms. The quantitative estimate of drug-likeness (QED) is 0.720. The molecule has 0 N–H and O–H groups in total. The van der Waals surface area contributed by atoms with Crippen LogP contribution in [-0.2, 0) is 13.5 Å². The molecule has 7 nitrogen and oxygen atoms in total. The van der Waals surface area contributed by atoms with Crippen LogP contribution < -0.4 is 4.90 Å². The molecule has 0 bridgehead atoms. The average molecular weight is 349 g/mol. The second kappa shape index (κ2) is 7.19. The number of aromatic nitrogens is 6. The van der Waals surface area contributed by atoms with Gasteiger partial charge in [-0.15, -0.1) is 0 Å². The van der Waals surface area contributed by atoms with E-state index in [-0.39, 0.29) is 0 Å². The van der Waals surface area contributed by atoms with Gasteiger partial charge < -0.3 is 9.47 Å². The minimum Gasteiger partial charge on any atom is -0.355 e. The predicted octanol–water partition coefficient (Wildman–Crippen LogP) is 2.43. The van der Waals surface area contributed by atoms with Gasteiger partial charge in [0, 0.05) is 44.9 Å². The lowest BCUT2D eigenvalue weighted by Gasteiger charge is -2.32. The smallest absolute Gasteiger partial charge is 0.147 e. The van der Waals surface area contributed by atoms with Crippen molar-refractivity contribution in [3.63, 3.8) is 0 Å². The minimum absolute atomic E-state index is 0.604. The van der Waals surface area contributed by atoms with Crippen molar-refractivity contribution in [1.29, 1.82) is 0 Å². The number of nitrogens with zero attached hydrogens (tertiary/aromatic N) is 7. The summed E-state index contributed by atoms with van der Waals surface area (Å²) in [5.74, 6) is 2.55. The number of piperidine rings is 1. The van der Waals surface area contributed by atoms with Crippen molar-refractivity contribution < 1.29 is 0 Å². The highest BCUT2D eigenvalue weighted by Crippen LogP contribution is 2.27. The van der Waals surface area contributed by atoms with Gasteiger partial charge >= 0.3 is 0 Å². The van der Waals surface area contributed by atoms with Crippen LogP contribution in [0, 0.1) is 12.8 Å². The molecule has 0 radical (unpaired) electrons. The fourth-order valence-electron chi connectivity index (χ4n) is 3.55. The van der Waals surface area contributed by atoms with E-state index in [1.165, 1.54) is 0 Å². The summed E-state index contributed by atoms with van der Waals surface area (Å²) in [5, 5.41) is 0. The lowest BCUT2D eigenvalue weighted by Crippen LogP contribution is -2.35. The zero-order chi connectivity index (χ0) is 17.9. The minimum atomic E-state index is 0.604. The molecule has 0 aromatic carbocycles. The normalized spacial score (nSPS) is 15.4. The van der Waals surface area contributed by atoms with Gasteiger partial charge in [0.1, 0.15) is 17.3 Å². The van der Waals surface area contributed by atoms with Crippen molar-refractivity contribution in [2.24, 2.45) is 13.0 Å². The van der Waals surface area contributed by atoms with Gasteiger partial charge in [-0.05, 0) is 32.1 Å². The van der Waals surface area contributed by atoms with E-state index in [9.17, 15) is 0 Å². The van der Waals surface area contributed by atoms with Crippen LogP contribution in [0.5, 0.6) is 0 Å². The molecule has 1 saturated heterocycles. The van der Waals surface area contributed by atoms with Gasteiger partial charge in [0.25, 0.3) is 0 Å². The largest absolute Gasteiger partial charge is 0.355 e. The maximum atomic E-state index is 4.64. The lowest BCUT2D eigenvalue weighted by molar-refractivity contribution is 0.399. The Hall–Kier alpha value is -2.83. The van der Waals surface area contributed by atoms with E-state index in [1.54, 1.807) is 24.8 Å². The first kappa shape index (κ1) is 16.6. The zero-order valence-corrected chi connectivity index (χ0v) is 15.2. The number of rotatable bonds is 4. The second-order valence-electron chi connectivity index (χ2n) is 6.80. The molecule has 0 amide bonds. The van der Waals surface area contributed by atoms with Crippen molar-refractivity contribution in [2.75, 3.05) is 18.0 Å². The third-order valence-corrected chi connectivity index (χ3v) is 5.21. The van der Waals surface area contributed by atoms with E-state index >= 15 is 0 Å². The van der Waals surface area contributed by atoms with Crippen molar-refractivity contribution in [3.05, 3.63) is 48.7 Å². The van der Waals surface area contributed by atoms with Crippen LogP contribution in [0.15, 0.2) is 37.2 Å². The van der Waals surface area contributed by atoms with Gasteiger partial charge in [-0.25, -0.2) is 9.97 Å². The fourth-order valence-corrected chi connectivity index (χ4v) is 3.55. The van der Waals surface area contributed by atoms with Crippen molar-refractivity contribution in [1.82, 2.24) is 29.5 Å². The summed E-state index contributed by atoms with van der Waals surface area (Å²) in [6.45, 7) is 4.01. The molecule has 3 aromatic rings. The molecular weight excluding hydrogens is 326 g/mol. The fraction of sp³-hybridized carbons (Fsp3) is 0.421. The molecule has 134 valence electrons. The van der Waals surface area contributed by atoms with E-state index in [4.69, 9.17) is 0 Å². The third kappa shape index (κ3) is 3.29. The maximum Gasteiger partial charge on any atom is 0.147 e. The SMILES string of the molecule is Cc1ncc(-c2nccnc2CC2CCN(c3cnccn3)CC2)n1C. The van der Waals surface area contributed by atoms with E-state index in [0.717, 1.165) is 61.1 Å². The number of hydrogen-bond acceptors (Lipinski definition) is 6. The van der Waals surface area contributed by atoms with Gasteiger partial charge in [0.2, 0.25) is 0 Å². The predicted molar refractivity (Wildman–Crippen MR) is 99.6 cm³/mol. The van der Waals surface area contributed by atoms with Crippen LogP contribution in [0.1, 0.15) is 24.4 Å². The molecule has 0 atom stereocenters. The molecule has 26 heavy (non-hydrogen) atoms. The van der Waals surface area contributed by atoms with Crippen LogP contribution in [0.4, 0.5) is 5.82 Å². The summed E-state index contributed by atoms with van der Waals surface area (Å²) in [4.78, 5) is 24.5. The Labute approximate surface area is 153 Å². The van der Waals surface area contributed by atoms with Crippen LogP contribution in [0.25, 0.3) is 11.4 Å². The van der Waals surface area contributed by atoms with Gasteiger partial charge in [-0.2, -0.15) is 0 Å². The van der Waals surface area contributed by atoms with Crippen molar-refractivity contribution >= 4 is 5.82 Å². The summed E-state index contributed by atoms with van der Waals surface area (Å²) in [7, 11) is 2.02. The van der Waals surface area contributed by atoms with Gasteiger partial charge in [0.05, 0.1) is 23.8 Å². The zero-order valence-electron chi connectivity index (χ0n) is 15.2. The molecule has 0 saturated carbocycles. The maximum absolute atomic E-state index is 4.64.